The molecule has 2 aliphatic heterocycles. The molecule has 2 heterocycles. The summed E-state index contributed by atoms with van der Waals surface area (Å²) in [5.41, 5.74) is -2.30. The van der Waals surface area contributed by atoms with Gasteiger partial charge in [0.05, 0.1) is 12.7 Å². The molecule has 10 atom stereocenters. The van der Waals surface area contributed by atoms with Gasteiger partial charge in [0.1, 0.15) is 6.04 Å². The van der Waals surface area contributed by atoms with Gasteiger partial charge in [-0.05, 0) is 43.4 Å². The van der Waals surface area contributed by atoms with Gasteiger partial charge in [-0.3, -0.25) is 9.59 Å². The summed E-state index contributed by atoms with van der Waals surface area (Å²) in [5.74, 6) is -1.89. The summed E-state index contributed by atoms with van der Waals surface area (Å²) >= 11 is 0. The summed E-state index contributed by atoms with van der Waals surface area (Å²) in [4.78, 5) is 29.1. The summed E-state index contributed by atoms with van der Waals surface area (Å²) in [6.45, 7) is 5.70. The SMILES string of the molecule is CC1CCC2C(C=CC3C4C(C)OC5(O)C(CO)N(C)C(=O)C45C(=O)C32C)C1. The lowest BCUT2D eigenvalue weighted by atomic mass is 9.55. The molecular formula is C22H31NO5. The van der Waals surface area contributed by atoms with E-state index in [9.17, 15) is 19.8 Å². The van der Waals surface area contributed by atoms with Crippen LogP contribution in [0.1, 0.15) is 40.0 Å². The Hall–Kier alpha value is -1.24. The van der Waals surface area contributed by atoms with Crippen LogP contribution in [0.4, 0.5) is 0 Å². The van der Waals surface area contributed by atoms with E-state index in [-0.39, 0.29) is 17.6 Å². The zero-order chi connectivity index (χ0) is 20.2. The Bertz CT molecular complexity index is 781. The number of aliphatic hydroxyl groups excluding tert-OH is 1. The highest BCUT2D eigenvalue weighted by Crippen LogP contribution is 2.72. The van der Waals surface area contributed by atoms with Crippen LogP contribution in [0.3, 0.4) is 0 Å². The van der Waals surface area contributed by atoms with Gasteiger partial charge in [-0.25, -0.2) is 0 Å². The number of allylic oxidation sites excluding steroid dienone is 2. The van der Waals surface area contributed by atoms with Gasteiger partial charge in [0.2, 0.25) is 11.7 Å². The Morgan fingerprint density at radius 2 is 1.96 bits per heavy atom. The molecule has 6 nitrogen and oxygen atoms in total. The molecule has 5 rings (SSSR count). The molecule has 1 spiro atoms. The van der Waals surface area contributed by atoms with Crippen molar-refractivity contribution >= 4 is 11.7 Å². The second-order valence-corrected chi connectivity index (χ2v) is 10.2. The average molecular weight is 389 g/mol. The Kier molecular flexibility index (Phi) is 3.66. The molecule has 2 saturated heterocycles. The van der Waals surface area contributed by atoms with Crippen molar-refractivity contribution in [2.24, 2.45) is 40.4 Å². The largest absolute Gasteiger partial charge is 0.394 e. The fourth-order valence-electron chi connectivity index (χ4n) is 7.91. The van der Waals surface area contributed by atoms with Crippen molar-refractivity contribution < 1.29 is 24.5 Å². The van der Waals surface area contributed by atoms with Crippen LogP contribution >= 0.6 is 0 Å². The van der Waals surface area contributed by atoms with Crippen LogP contribution in [0, 0.1) is 40.4 Å². The molecule has 0 aromatic carbocycles. The van der Waals surface area contributed by atoms with Crippen LogP contribution in [-0.2, 0) is 14.3 Å². The van der Waals surface area contributed by atoms with E-state index in [4.69, 9.17) is 4.74 Å². The summed E-state index contributed by atoms with van der Waals surface area (Å²) < 4.78 is 5.97. The second-order valence-electron chi connectivity index (χ2n) is 10.2. The van der Waals surface area contributed by atoms with E-state index in [1.54, 1.807) is 7.05 Å². The first-order chi connectivity index (χ1) is 13.2. The van der Waals surface area contributed by atoms with Crippen LogP contribution in [-0.4, -0.2) is 58.4 Å². The highest BCUT2D eigenvalue weighted by atomic mass is 16.6. The van der Waals surface area contributed by atoms with Crippen molar-refractivity contribution in [3.05, 3.63) is 12.2 Å². The van der Waals surface area contributed by atoms with E-state index < -0.39 is 47.2 Å². The third-order valence-corrected chi connectivity index (χ3v) is 9.11. The predicted molar refractivity (Wildman–Crippen MR) is 101 cm³/mol. The first kappa shape index (κ1) is 18.8. The number of nitrogens with zero attached hydrogens (tertiary/aromatic N) is 1. The van der Waals surface area contributed by atoms with Crippen molar-refractivity contribution in [3.63, 3.8) is 0 Å². The molecule has 154 valence electrons. The molecule has 2 N–H and O–H groups in total. The lowest BCUT2D eigenvalue weighted by Gasteiger charge is -2.49. The zero-order valence-electron chi connectivity index (χ0n) is 17.1. The van der Waals surface area contributed by atoms with Crippen LogP contribution in [0.25, 0.3) is 0 Å². The summed E-state index contributed by atoms with van der Waals surface area (Å²) in [5, 5.41) is 21.6. The van der Waals surface area contributed by atoms with Crippen LogP contribution in [0.2, 0.25) is 0 Å². The molecular weight excluding hydrogens is 358 g/mol. The number of hydrogen-bond donors (Lipinski definition) is 2. The monoisotopic (exact) mass is 389 g/mol. The van der Waals surface area contributed by atoms with Crippen molar-refractivity contribution in [2.45, 2.75) is 58.0 Å². The van der Waals surface area contributed by atoms with E-state index in [1.165, 1.54) is 4.90 Å². The second kappa shape index (κ2) is 5.46. The van der Waals surface area contributed by atoms with E-state index >= 15 is 0 Å². The smallest absolute Gasteiger partial charge is 0.242 e. The number of ether oxygens (including phenoxy) is 1. The maximum Gasteiger partial charge on any atom is 0.242 e. The molecule has 0 aromatic heterocycles. The Morgan fingerprint density at radius 3 is 2.64 bits per heavy atom. The molecule has 0 bridgehead atoms. The molecule has 2 saturated carbocycles. The van der Waals surface area contributed by atoms with Gasteiger partial charge in [-0.1, -0.05) is 32.4 Å². The molecule has 6 heteroatoms. The standard InChI is InChI=1S/C22H31NO5/c1-11-5-7-14-13(9-11)6-8-15-17-12(2)28-22(27)16(10-24)23(4)19(26)21(17,22)18(25)20(14,15)3/h6,8,11-17,24,27H,5,7,9-10H2,1-4H3. The minimum Gasteiger partial charge on any atom is -0.394 e. The molecule has 1 amide bonds. The van der Waals surface area contributed by atoms with Gasteiger partial charge >= 0.3 is 0 Å². The van der Waals surface area contributed by atoms with Crippen LogP contribution in [0.5, 0.6) is 0 Å². The fraction of sp³-hybridized carbons (Fsp3) is 0.818. The number of ketones is 1. The minimum atomic E-state index is -1.97. The zero-order valence-corrected chi connectivity index (χ0v) is 17.1. The summed E-state index contributed by atoms with van der Waals surface area (Å²) in [6, 6.07) is -0.925. The number of likely N-dealkylation sites (tertiary alicyclic amines) is 1. The quantitative estimate of drug-likeness (QED) is 0.522. The third kappa shape index (κ3) is 1.70. The molecule has 3 aliphatic carbocycles. The van der Waals surface area contributed by atoms with Crippen molar-refractivity contribution in [3.8, 4) is 0 Å². The van der Waals surface area contributed by atoms with Gasteiger partial charge < -0.3 is 19.8 Å². The first-order valence-corrected chi connectivity index (χ1v) is 10.7. The highest BCUT2D eigenvalue weighted by Gasteiger charge is 2.87. The third-order valence-electron chi connectivity index (χ3n) is 9.11. The number of hydrogen-bond acceptors (Lipinski definition) is 5. The van der Waals surface area contributed by atoms with Crippen molar-refractivity contribution in [2.75, 3.05) is 13.7 Å². The van der Waals surface area contributed by atoms with E-state index in [2.05, 4.69) is 19.1 Å². The fourth-order valence-corrected chi connectivity index (χ4v) is 7.91. The topological polar surface area (TPSA) is 87.1 Å². The summed E-state index contributed by atoms with van der Waals surface area (Å²) in [6.07, 6.45) is 7.09. The van der Waals surface area contributed by atoms with E-state index in [1.807, 2.05) is 13.8 Å². The van der Waals surface area contributed by atoms with Gasteiger partial charge in [-0.15, -0.1) is 0 Å². The highest BCUT2D eigenvalue weighted by molar-refractivity contribution is 6.14. The Morgan fingerprint density at radius 1 is 1.25 bits per heavy atom. The van der Waals surface area contributed by atoms with Gasteiger partial charge in [0, 0.05) is 18.4 Å². The first-order valence-electron chi connectivity index (χ1n) is 10.7. The molecule has 5 aliphatic rings. The van der Waals surface area contributed by atoms with E-state index in [0.29, 0.717) is 11.8 Å². The number of aliphatic hydroxyl groups is 2. The van der Waals surface area contributed by atoms with Crippen LogP contribution in [0.15, 0.2) is 12.2 Å². The van der Waals surface area contributed by atoms with Gasteiger partial charge in [-0.2, -0.15) is 0 Å². The number of fused-ring (bicyclic) bond motifs is 4. The number of rotatable bonds is 1. The number of Topliss-reactive ketones (excluding diaryl/α,β-unsaturated/α-hetero) is 1. The number of carbonyl (C=O) groups excluding carboxylic acids is 2. The van der Waals surface area contributed by atoms with Crippen molar-refractivity contribution in [1.29, 1.82) is 0 Å². The molecule has 0 radical (unpaired) electrons. The molecule has 0 aromatic rings. The van der Waals surface area contributed by atoms with Crippen LogP contribution < -0.4 is 0 Å². The van der Waals surface area contributed by atoms with Crippen molar-refractivity contribution in [1.82, 2.24) is 4.90 Å². The number of amides is 1. The predicted octanol–water partition coefficient (Wildman–Crippen LogP) is 1.36. The molecule has 10 unspecified atom stereocenters. The van der Waals surface area contributed by atoms with Gasteiger partial charge in [0.15, 0.2) is 11.2 Å². The van der Waals surface area contributed by atoms with Gasteiger partial charge in [0.25, 0.3) is 0 Å². The normalized spacial score (nSPS) is 57.2. The molecule has 4 fully saturated rings. The lowest BCUT2D eigenvalue weighted by molar-refractivity contribution is -0.240. The maximum absolute atomic E-state index is 14.2. The average Bonchev–Trinajstić information content (AvgIpc) is 3.07. The Labute approximate surface area is 165 Å². The summed E-state index contributed by atoms with van der Waals surface area (Å²) in [7, 11) is 1.55. The minimum absolute atomic E-state index is 0.131. The Balaban J connectivity index is 1.71. The molecule has 28 heavy (non-hydrogen) atoms. The maximum atomic E-state index is 14.2. The van der Waals surface area contributed by atoms with E-state index in [0.717, 1.165) is 19.3 Å². The number of likely N-dealkylation sites (N-methyl/N-ethyl adjacent to an activating group) is 1. The number of carbonyl (C=O) groups is 2. The lowest BCUT2D eigenvalue weighted by Crippen LogP contribution is -2.58.